The van der Waals surface area contributed by atoms with Crippen LogP contribution < -0.4 is 4.74 Å². The molecule has 0 fully saturated rings. The average molecular weight is 628 g/mol. The normalized spacial score (nSPS) is 12.5. The van der Waals surface area contributed by atoms with Gasteiger partial charge in [0, 0.05) is 30.1 Å². The molecule has 11 heteroatoms. The summed E-state index contributed by atoms with van der Waals surface area (Å²) < 4.78 is 81.3. The van der Waals surface area contributed by atoms with Gasteiger partial charge in [0.1, 0.15) is 24.5 Å². The molecule has 3 aromatic rings. The first kappa shape index (κ1) is 37.3. The molecule has 43 heavy (non-hydrogen) atoms. The number of halogens is 6. The van der Waals surface area contributed by atoms with E-state index < -0.39 is 17.6 Å². The molecule has 0 amide bonds. The minimum atomic E-state index is -4.69. The molecule has 0 saturated heterocycles. The largest absolute Gasteiger partial charge is 0.489 e. The highest BCUT2D eigenvalue weighted by Gasteiger charge is 2.34. The minimum absolute atomic E-state index is 0.0516. The van der Waals surface area contributed by atoms with Gasteiger partial charge in [-0.2, -0.15) is 13.2 Å². The molecule has 0 bridgehead atoms. The average Bonchev–Trinajstić information content (AvgIpc) is 3.30. The van der Waals surface area contributed by atoms with Crippen LogP contribution in [-0.4, -0.2) is 36.9 Å². The van der Waals surface area contributed by atoms with Crippen LogP contribution in [0.15, 0.2) is 71.2 Å². The Balaban J connectivity index is 0.00000122. The number of hydrogen-bond acceptors (Lipinski definition) is 4. The molecule has 234 valence electrons. The van der Waals surface area contributed by atoms with E-state index in [0.29, 0.717) is 48.9 Å². The number of ether oxygens (including phenoxy) is 1. The summed E-state index contributed by atoms with van der Waals surface area (Å²) in [6.07, 6.45) is 6.10. The zero-order valence-electron chi connectivity index (χ0n) is 24.6. The van der Waals surface area contributed by atoms with E-state index in [-0.39, 0.29) is 17.2 Å². The van der Waals surface area contributed by atoms with Gasteiger partial charge in [-0.25, -0.2) is 4.39 Å². The van der Waals surface area contributed by atoms with Crippen LogP contribution >= 0.6 is 11.8 Å². The highest BCUT2D eigenvalue weighted by atomic mass is 32.2. The number of aromatic nitrogens is 1. The summed E-state index contributed by atoms with van der Waals surface area (Å²) in [5, 5.41) is 0.689. The summed E-state index contributed by atoms with van der Waals surface area (Å²) in [6, 6.07) is 10.00. The maximum Gasteiger partial charge on any atom is 0.416 e. The lowest BCUT2D eigenvalue weighted by atomic mass is 10.1. The quantitative estimate of drug-likeness (QED) is 0.193. The first-order valence-corrected chi connectivity index (χ1v) is 13.8. The monoisotopic (exact) mass is 627 g/mol. The van der Waals surface area contributed by atoms with Crippen molar-refractivity contribution in [3.05, 3.63) is 93.8 Å². The van der Waals surface area contributed by atoms with E-state index in [2.05, 4.69) is 12.2 Å². The molecule has 1 aliphatic rings. The number of benzene rings is 2. The third-order valence-electron chi connectivity index (χ3n) is 5.74. The Bertz CT molecular complexity index is 1440. The fourth-order valence-electron chi connectivity index (χ4n) is 4.18. The lowest BCUT2D eigenvalue weighted by molar-refractivity contribution is -0.138. The molecule has 0 aliphatic heterocycles. The van der Waals surface area contributed by atoms with E-state index in [1.165, 1.54) is 13.8 Å². The second-order valence-corrected chi connectivity index (χ2v) is 10.2. The van der Waals surface area contributed by atoms with Crippen molar-refractivity contribution in [3.63, 3.8) is 0 Å². The maximum absolute atomic E-state index is 13.7. The number of fused-ring (bicyclic) bond motifs is 1. The summed E-state index contributed by atoms with van der Waals surface area (Å²) in [5.74, 6) is -0.301. The van der Waals surface area contributed by atoms with Gasteiger partial charge in [-0.3, -0.25) is 13.6 Å². The topological polar surface area (TPSA) is 48.3 Å². The molecule has 4 rings (SSSR count). The van der Waals surface area contributed by atoms with E-state index in [0.717, 1.165) is 54.0 Å². The fourth-order valence-corrected chi connectivity index (χ4v) is 4.82. The van der Waals surface area contributed by atoms with Crippen molar-refractivity contribution in [1.29, 1.82) is 0 Å². The smallest absolute Gasteiger partial charge is 0.416 e. The Morgan fingerprint density at radius 1 is 1.02 bits per heavy atom. The van der Waals surface area contributed by atoms with Crippen LogP contribution in [0.2, 0.25) is 0 Å². The molecule has 0 N–H and O–H groups in total. The van der Waals surface area contributed by atoms with E-state index in [9.17, 15) is 31.1 Å². The predicted molar refractivity (Wildman–Crippen MR) is 162 cm³/mol. The van der Waals surface area contributed by atoms with Crippen LogP contribution in [0.3, 0.4) is 0 Å². The van der Waals surface area contributed by atoms with Gasteiger partial charge in [0.25, 0.3) is 0 Å². The van der Waals surface area contributed by atoms with Crippen molar-refractivity contribution in [2.75, 3.05) is 21.0 Å². The first-order chi connectivity index (χ1) is 20.5. The molecule has 0 unspecified atom stereocenters. The number of alkyl halides is 5. The van der Waals surface area contributed by atoms with E-state index in [1.54, 1.807) is 29.7 Å². The zero-order valence-corrected chi connectivity index (χ0v) is 25.4. The van der Waals surface area contributed by atoms with Gasteiger partial charge in [-0.15, -0.1) is 0 Å². The summed E-state index contributed by atoms with van der Waals surface area (Å²) in [7, 11) is 1.00. The van der Waals surface area contributed by atoms with Crippen molar-refractivity contribution >= 4 is 40.1 Å². The summed E-state index contributed by atoms with van der Waals surface area (Å²) in [4.78, 5) is 21.1. The Morgan fingerprint density at radius 3 is 2.28 bits per heavy atom. The number of carbonyl (C=O) groups is 2. The van der Waals surface area contributed by atoms with Crippen LogP contribution in [0.1, 0.15) is 50.4 Å². The summed E-state index contributed by atoms with van der Waals surface area (Å²) >= 11 is 1.05. The number of thioether (sulfide) groups is 1. The number of carbonyl (C=O) groups excluding carboxylic acids is 2. The number of nitrogens with zero attached hydrogens (tertiary/aromatic N) is 1. The van der Waals surface area contributed by atoms with Crippen molar-refractivity contribution in [2.24, 2.45) is 0 Å². The lowest BCUT2D eigenvalue weighted by Crippen LogP contribution is -2.13. The molecule has 1 heterocycles. The van der Waals surface area contributed by atoms with Gasteiger partial charge in [-0.1, -0.05) is 36.1 Å². The molecule has 0 saturated carbocycles. The SMILES string of the molecule is CC(=O)S/C(C)=C/c1cc2cc(OCC3=CCCC=C3)ccc2n1Cc1ccc(F)cc1C(F)(F)F.CC=O.CF.CF. The predicted octanol–water partition coefficient (Wildman–Crippen LogP) is 9.52. The maximum atomic E-state index is 13.7. The molecule has 1 aliphatic carbocycles. The Labute approximate surface area is 252 Å². The molecule has 0 radical (unpaired) electrons. The van der Waals surface area contributed by atoms with Crippen LogP contribution in [0.4, 0.5) is 26.3 Å². The Hall–Kier alpha value is -3.73. The third-order valence-corrected chi connectivity index (χ3v) is 6.47. The summed E-state index contributed by atoms with van der Waals surface area (Å²) in [6.45, 7) is 4.97. The molecular weight excluding hydrogens is 592 g/mol. The van der Waals surface area contributed by atoms with Crippen molar-refractivity contribution < 1.29 is 40.7 Å². The molecule has 1 aromatic heterocycles. The summed E-state index contributed by atoms with van der Waals surface area (Å²) in [5.41, 5.74) is 1.36. The highest BCUT2D eigenvalue weighted by molar-refractivity contribution is 8.16. The van der Waals surface area contributed by atoms with Gasteiger partial charge in [0.15, 0.2) is 5.12 Å². The minimum Gasteiger partial charge on any atom is -0.489 e. The molecule has 2 aromatic carbocycles. The highest BCUT2D eigenvalue weighted by Crippen LogP contribution is 2.35. The van der Waals surface area contributed by atoms with Crippen molar-refractivity contribution in [1.82, 2.24) is 4.57 Å². The number of hydrogen-bond donors (Lipinski definition) is 0. The van der Waals surface area contributed by atoms with Gasteiger partial charge >= 0.3 is 6.18 Å². The number of rotatable bonds is 7. The van der Waals surface area contributed by atoms with Crippen LogP contribution in [0.25, 0.3) is 17.0 Å². The second kappa shape index (κ2) is 18.7. The second-order valence-electron chi connectivity index (χ2n) is 8.81. The van der Waals surface area contributed by atoms with Crippen LogP contribution in [-0.2, 0) is 22.3 Å². The first-order valence-electron chi connectivity index (χ1n) is 13.0. The van der Waals surface area contributed by atoms with E-state index in [4.69, 9.17) is 9.53 Å². The third kappa shape index (κ3) is 11.8. The number of aldehydes is 1. The van der Waals surface area contributed by atoms with Gasteiger partial charge in [-0.05, 0) is 85.2 Å². The molecule has 0 spiro atoms. The van der Waals surface area contributed by atoms with Crippen LogP contribution in [0.5, 0.6) is 5.75 Å². The van der Waals surface area contributed by atoms with E-state index in [1.807, 2.05) is 18.2 Å². The standard InChI is InChI=1S/C28H25F4NO2S.C2H4O.2CH3F/c1-18(36-19(2)34)12-24-13-22-14-25(35-17-20-6-4-3-5-7-20)10-11-27(22)33(24)16-21-8-9-23(29)15-26(21)28(30,31)32;1-2-3;2*1-2/h4,6-15H,3,5,16-17H2,1-2H3;2H,1H3;2*1H3/b18-12+;;;. The van der Waals surface area contributed by atoms with Gasteiger partial charge in [0.2, 0.25) is 0 Å². The Kier molecular flexibility index (Phi) is 16.2. The van der Waals surface area contributed by atoms with Crippen molar-refractivity contribution in [2.45, 2.75) is 46.3 Å². The number of allylic oxidation sites excluding steroid dienone is 3. The molecular formula is C32H35F6NO3S. The fraction of sp³-hybridized carbons (Fsp3) is 0.312. The zero-order chi connectivity index (χ0) is 32.6. The van der Waals surface area contributed by atoms with E-state index >= 15 is 0 Å². The van der Waals surface area contributed by atoms with Gasteiger partial charge in [0.05, 0.1) is 19.9 Å². The van der Waals surface area contributed by atoms with Gasteiger partial charge < -0.3 is 14.1 Å². The van der Waals surface area contributed by atoms with Crippen molar-refractivity contribution in [3.8, 4) is 5.75 Å². The molecule has 4 nitrogen and oxygen atoms in total. The molecule has 0 atom stereocenters. The van der Waals surface area contributed by atoms with Crippen LogP contribution in [0, 0.1) is 5.82 Å². The Morgan fingerprint density at radius 2 is 1.70 bits per heavy atom. The lowest BCUT2D eigenvalue weighted by Gasteiger charge is -2.16.